The van der Waals surface area contributed by atoms with Crippen molar-refractivity contribution in [1.29, 1.82) is 0 Å². The van der Waals surface area contributed by atoms with Crippen LogP contribution in [0.25, 0.3) is 0 Å². The number of amides is 1. The number of nitrogens with one attached hydrogen (secondary N) is 3. The summed E-state index contributed by atoms with van der Waals surface area (Å²) in [6.45, 7) is 6.08. The zero-order chi connectivity index (χ0) is 20.5. The van der Waals surface area contributed by atoms with Gasteiger partial charge in [0.05, 0.1) is 23.5 Å². The standard InChI is InChI=1S/C21H25N5O2S.HI/c1-3-22-21(23-10-9-18-14-29-15(2)25-18)24-13-16-6-4-7-17(12-16)26-20(27)19-8-5-11-28-19;/h4-8,11-12,14H,3,9-10,13H2,1-2H3,(H,26,27)(H2,22,23,24);1H. The van der Waals surface area contributed by atoms with Crippen molar-refractivity contribution >= 4 is 52.9 Å². The van der Waals surface area contributed by atoms with Crippen molar-refractivity contribution in [2.45, 2.75) is 26.8 Å². The molecule has 0 spiro atoms. The van der Waals surface area contributed by atoms with E-state index in [2.05, 4.69) is 31.3 Å². The highest BCUT2D eigenvalue weighted by Crippen LogP contribution is 2.13. The van der Waals surface area contributed by atoms with E-state index in [4.69, 9.17) is 4.42 Å². The van der Waals surface area contributed by atoms with Gasteiger partial charge in [0, 0.05) is 30.6 Å². The molecule has 0 radical (unpaired) electrons. The van der Waals surface area contributed by atoms with Gasteiger partial charge in [0.1, 0.15) is 0 Å². The van der Waals surface area contributed by atoms with Gasteiger partial charge in [-0.15, -0.1) is 35.3 Å². The average molecular weight is 539 g/mol. The summed E-state index contributed by atoms with van der Waals surface area (Å²) >= 11 is 1.66. The van der Waals surface area contributed by atoms with Gasteiger partial charge in [0.15, 0.2) is 11.7 Å². The molecule has 9 heteroatoms. The first kappa shape index (κ1) is 23.9. The fraction of sp³-hybridized carbons (Fsp3) is 0.286. The molecular weight excluding hydrogens is 513 g/mol. The van der Waals surface area contributed by atoms with E-state index in [0.29, 0.717) is 12.2 Å². The van der Waals surface area contributed by atoms with E-state index in [1.165, 1.54) is 6.26 Å². The Bertz CT molecular complexity index is 956. The van der Waals surface area contributed by atoms with Gasteiger partial charge in [-0.25, -0.2) is 9.98 Å². The van der Waals surface area contributed by atoms with E-state index in [1.807, 2.05) is 38.1 Å². The lowest BCUT2D eigenvalue weighted by Gasteiger charge is -2.11. The topological polar surface area (TPSA) is 91.5 Å². The number of nitrogens with zero attached hydrogens (tertiary/aromatic N) is 2. The lowest BCUT2D eigenvalue weighted by atomic mass is 10.2. The smallest absolute Gasteiger partial charge is 0.291 e. The number of carbonyl (C=O) groups excluding carboxylic acids is 1. The van der Waals surface area contributed by atoms with Crippen LogP contribution in [0.5, 0.6) is 0 Å². The van der Waals surface area contributed by atoms with Crippen molar-refractivity contribution in [3.8, 4) is 0 Å². The maximum absolute atomic E-state index is 12.1. The largest absolute Gasteiger partial charge is 0.459 e. The van der Waals surface area contributed by atoms with Gasteiger partial charge in [-0.1, -0.05) is 12.1 Å². The first-order valence-corrected chi connectivity index (χ1v) is 10.4. The first-order chi connectivity index (χ1) is 14.1. The SMILES string of the molecule is CCNC(=NCc1cccc(NC(=O)c2ccco2)c1)NCCc1csc(C)n1.I. The number of halogens is 1. The third-order valence-corrected chi connectivity index (χ3v) is 4.86. The maximum atomic E-state index is 12.1. The normalized spacial score (nSPS) is 10.9. The Hall–Kier alpha value is -2.40. The Kier molecular flexibility index (Phi) is 9.81. The number of guanidine groups is 1. The summed E-state index contributed by atoms with van der Waals surface area (Å²) in [5.41, 5.74) is 2.79. The highest BCUT2D eigenvalue weighted by atomic mass is 127. The number of anilines is 1. The van der Waals surface area contributed by atoms with Gasteiger partial charge in [-0.2, -0.15) is 0 Å². The summed E-state index contributed by atoms with van der Waals surface area (Å²) in [6.07, 6.45) is 2.33. The second kappa shape index (κ2) is 12.3. The molecule has 7 nitrogen and oxygen atoms in total. The number of rotatable bonds is 8. The number of benzene rings is 1. The van der Waals surface area contributed by atoms with E-state index in [1.54, 1.807) is 23.5 Å². The van der Waals surface area contributed by atoms with Crippen LogP contribution in [0.4, 0.5) is 5.69 Å². The molecule has 30 heavy (non-hydrogen) atoms. The number of hydrogen-bond donors (Lipinski definition) is 3. The van der Waals surface area contributed by atoms with Gasteiger partial charge < -0.3 is 20.4 Å². The zero-order valence-corrected chi connectivity index (χ0v) is 20.1. The number of aromatic nitrogens is 1. The molecule has 0 aliphatic carbocycles. The second-order valence-electron chi connectivity index (χ2n) is 6.36. The first-order valence-electron chi connectivity index (χ1n) is 9.51. The summed E-state index contributed by atoms with van der Waals surface area (Å²) < 4.78 is 5.12. The Morgan fingerprint density at radius 1 is 1.23 bits per heavy atom. The molecular formula is C21H26IN5O2S. The molecule has 3 aromatic rings. The molecule has 0 aliphatic rings. The molecule has 3 rings (SSSR count). The van der Waals surface area contributed by atoms with Crippen molar-refractivity contribution < 1.29 is 9.21 Å². The Morgan fingerprint density at radius 2 is 2.10 bits per heavy atom. The number of hydrogen-bond acceptors (Lipinski definition) is 5. The van der Waals surface area contributed by atoms with Crippen LogP contribution >= 0.6 is 35.3 Å². The minimum absolute atomic E-state index is 0. The molecule has 160 valence electrons. The van der Waals surface area contributed by atoms with Crippen molar-refractivity contribution in [2.24, 2.45) is 4.99 Å². The van der Waals surface area contributed by atoms with Crippen LogP contribution in [0, 0.1) is 6.92 Å². The number of aryl methyl sites for hydroxylation is 1. The van der Waals surface area contributed by atoms with Crippen molar-refractivity contribution in [1.82, 2.24) is 15.6 Å². The molecule has 2 heterocycles. The van der Waals surface area contributed by atoms with E-state index in [0.717, 1.165) is 41.7 Å². The molecule has 0 saturated carbocycles. The maximum Gasteiger partial charge on any atom is 0.291 e. The van der Waals surface area contributed by atoms with E-state index in [-0.39, 0.29) is 35.6 Å². The van der Waals surface area contributed by atoms with Gasteiger partial charge in [0.25, 0.3) is 5.91 Å². The van der Waals surface area contributed by atoms with Gasteiger partial charge in [-0.05, 0) is 43.7 Å². The summed E-state index contributed by atoms with van der Waals surface area (Å²) in [5.74, 6) is 0.759. The predicted octanol–water partition coefficient (Wildman–Crippen LogP) is 4.21. The average Bonchev–Trinajstić information content (AvgIpc) is 3.38. The third kappa shape index (κ3) is 7.45. The van der Waals surface area contributed by atoms with Crippen LogP contribution in [-0.2, 0) is 13.0 Å². The molecule has 1 aromatic carbocycles. The van der Waals surface area contributed by atoms with E-state index >= 15 is 0 Å². The van der Waals surface area contributed by atoms with Crippen LogP contribution in [0.3, 0.4) is 0 Å². The Balaban J connectivity index is 0.00000320. The monoisotopic (exact) mass is 539 g/mol. The molecule has 0 unspecified atom stereocenters. The van der Waals surface area contributed by atoms with E-state index < -0.39 is 0 Å². The number of carbonyl (C=O) groups is 1. The fourth-order valence-electron chi connectivity index (χ4n) is 2.69. The fourth-order valence-corrected chi connectivity index (χ4v) is 3.34. The number of furan rings is 1. The number of thiazole rings is 1. The minimum atomic E-state index is -0.275. The molecule has 0 aliphatic heterocycles. The molecule has 0 bridgehead atoms. The third-order valence-electron chi connectivity index (χ3n) is 4.03. The van der Waals surface area contributed by atoms with Crippen molar-refractivity contribution in [3.63, 3.8) is 0 Å². The molecule has 0 saturated heterocycles. The van der Waals surface area contributed by atoms with Crippen molar-refractivity contribution in [3.05, 3.63) is 70.1 Å². The van der Waals surface area contributed by atoms with Crippen LogP contribution in [0.1, 0.15) is 33.7 Å². The number of aliphatic imine (C=N–C) groups is 1. The predicted molar refractivity (Wildman–Crippen MR) is 132 cm³/mol. The molecule has 2 aromatic heterocycles. The summed E-state index contributed by atoms with van der Waals surface area (Å²) in [4.78, 5) is 21.2. The molecule has 0 fully saturated rings. The quantitative estimate of drug-likeness (QED) is 0.227. The van der Waals surface area contributed by atoms with E-state index in [9.17, 15) is 4.79 Å². The van der Waals surface area contributed by atoms with Crippen LogP contribution in [0.2, 0.25) is 0 Å². The molecule has 3 N–H and O–H groups in total. The second-order valence-corrected chi connectivity index (χ2v) is 7.42. The van der Waals surface area contributed by atoms with Crippen LogP contribution < -0.4 is 16.0 Å². The lowest BCUT2D eigenvalue weighted by Crippen LogP contribution is -2.38. The summed E-state index contributed by atoms with van der Waals surface area (Å²) in [7, 11) is 0. The Labute approximate surface area is 197 Å². The van der Waals surface area contributed by atoms with Gasteiger partial charge >= 0.3 is 0 Å². The zero-order valence-electron chi connectivity index (χ0n) is 17.0. The van der Waals surface area contributed by atoms with Gasteiger partial charge in [0.2, 0.25) is 0 Å². The van der Waals surface area contributed by atoms with Crippen molar-refractivity contribution in [2.75, 3.05) is 18.4 Å². The highest BCUT2D eigenvalue weighted by molar-refractivity contribution is 14.0. The molecule has 1 amide bonds. The minimum Gasteiger partial charge on any atom is -0.459 e. The van der Waals surface area contributed by atoms with Crippen LogP contribution in [-0.4, -0.2) is 29.9 Å². The highest BCUT2D eigenvalue weighted by Gasteiger charge is 2.08. The Morgan fingerprint density at radius 3 is 2.80 bits per heavy atom. The van der Waals surface area contributed by atoms with Crippen LogP contribution in [0.15, 0.2) is 57.5 Å². The summed E-state index contributed by atoms with van der Waals surface area (Å²) in [5, 5.41) is 12.6. The molecule has 0 atom stereocenters. The summed E-state index contributed by atoms with van der Waals surface area (Å²) in [6, 6.07) is 10.9. The van der Waals surface area contributed by atoms with Gasteiger partial charge in [-0.3, -0.25) is 4.79 Å². The lowest BCUT2D eigenvalue weighted by molar-refractivity contribution is 0.0996.